The number of nitrogens with two attached hydrogens (primary N) is 1. The van der Waals surface area contributed by atoms with Crippen LogP contribution >= 0.6 is 0 Å². The molecule has 13 atom stereocenters. The third-order valence-corrected chi connectivity index (χ3v) is 25.1. The van der Waals surface area contributed by atoms with Crippen LogP contribution in [-0.2, 0) is 57.6 Å². The fourth-order valence-corrected chi connectivity index (χ4v) is 17.5. The number of rotatable bonds is 29. The molecular weight excluding hydrogens is 1900 g/mol. The van der Waals surface area contributed by atoms with Crippen LogP contribution in [0.25, 0.3) is 0 Å². The zero-order valence-electron chi connectivity index (χ0n) is 88.0. The number of likely N-dealkylation sites (tertiary alicyclic amines) is 3. The Hall–Kier alpha value is -12.9. The summed E-state index contributed by atoms with van der Waals surface area (Å²) in [5.41, 5.74) is 10.3. The third kappa shape index (κ3) is 41.9. The van der Waals surface area contributed by atoms with Crippen LogP contribution in [0.1, 0.15) is 264 Å². The van der Waals surface area contributed by atoms with Crippen molar-refractivity contribution in [3.8, 4) is 0 Å². The van der Waals surface area contributed by atoms with Gasteiger partial charge in [-0.05, 0) is 186 Å². The first-order valence-corrected chi connectivity index (χ1v) is 51.5. The molecule has 5 fully saturated rings. The maximum Gasteiger partial charge on any atom is 0.509 e. The van der Waals surface area contributed by atoms with Gasteiger partial charge in [-0.1, -0.05) is 264 Å². The number of nitrogens with zero attached hydrogens (tertiary/aromatic N) is 7. The van der Waals surface area contributed by atoms with E-state index in [2.05, 4.69) is 61.5 Å². The van der Waals surface area contributed by atoms with Crippen LogP contribution in [0.5, 0.6) is 0 Å². The molecule has 0 saturated carbocycles. The predicted octanol–water partition coefficient (Wildman–Crippen LogP) is 18.3. The lowest BCUT2D eigenvalue weighted by Crippen LogP contribution is -2.51. The van der Waals surface area contributed by atoms with E-state index in [4.69, 9.17) is 38.9 Å². The van der Waals surface area contributed by atoms with Crippen molar-refractivity contribution >= 4 is 37.0 Å². The zero-order chi connectivity index (χ0) is 107. The summed E-state index contributed by atoms with van der Waals surface area (Å²) < 4.78 is 43.0. The van der Waals surface area contributed by atoms with Crippen LogP contribution < -0.4 is 33.5 Å². The van der Waals surface area contributed by atoms with Gasteiger partial charge in [0.05, 0.1) is 42.7 Å². The van der Waals surface area contributed by atoms with E-state index < -0.39 is 101 Å². The number of aromatic nitrogens is 4. The summed E-state index contributed by atoms with van der Waals surface area (Å²) in [5.74, 6) is 0. The molecular formula is C117H159N11O21. The monoisotopic (exact) mass is 2050 g/mol. The maximum absolute atomic E-state index is 13.6. The number of nitrogens with one attached hydrogen (secondary N) is 3. The summed E-state index contributed by atoms with van der Waals surface area (Å²) in [6.45, 7) is 30.9. The molecule has 3 amide bonds. The van der Waals surface area contributed by atoms with E-state index in [1.807, 2.05) is 280 Å². The minimum Gasteiger partial charge on any atom is -0.444 e. The number of aryl methyl sites for hydroxylation is 2. The SMILES string of the molecule is C.CC(C)(C)OC(=O)N1CCCCC1C=O.CC(C)(C)OC(=O)N1CCCCC1CN(Cc1ccccc1)CC(O)c1ccccc1.CC[C@H]1O[C@@H](n2cc(C)c(=O)[nH]c2=O)CC1O.CC[C@H]1O[C@@H](n2cc(C)c(=O)[nH]c2=O)CC1OC(=O)OC(CN(Cc1ccccc1)CC1CCCCN1C(=O)OC(C)(C)C)c1ccccc1.NCC(O)c1ccccc1.O=Cc1ccccc1.OC(CNCc1ccccc1)c1ccccc1. The topological polar surface area (TPSA) is 412 Å². The molecule has 2 aromatic heterocycles. The van der Waals surface area contributed by atoms with E-state index in [9.17, 15) is 68.4 Å². The van der Waals surface area contributed by atoms with E-state index >= 15 is 0 Å². The second-order valence-electron chi connectivity index (χ2n) is 40.5. The highest BCUT2D eigenvalue weighted by Gasteiger charge is 2.42. The fourth-order valence-electron chi connectivity index (χ4n) is 17.5. The van der Waals surface area contributed by atoms with Crippen molar-refractivity contribution in [1.29, 1.82) is 0 Å². The molecule has 10 aromatic rings. The van der Waals surface area contributed by atoms with Gasteiger partial charge in [-0.3, -0.25) is 48.2 Å². The first-order valence-electron chi connectivity index (χ1n) is 51.5. The first kappa shape index (κ1) is 121. The second kappa shape index (κ2) is 61.9. The van der Waals surface area contributed by atoms with Crippen molar-refractivity contribution in [2.24, 2.45) is 5.73 Å². The molecule has 8 aromatic carbocycles. The highest BCUT2D eigenvalue weighted by atomic mass is 16.7. The van der Waals surface area contributed by atoms with Gasteiger partial charge in [0.15, 0.2) is 0 Å². The lowest BCUT2D eigenvalue weighted by atomic mass is 10.0. The molecule has 9 unspecified atom stereocenters. The summed E-state index contributed by atoms with van der Waals surface area (Å²) in [5, 5.41) is 43.0. The standard InChI is InChI=1S/C38H50N4O8.C26H36N2O3.C15H17NO.C11H16N2O4.C11H19NO3.C8H11NO.C7H6O.CH4/c1-6-30-31(21-33(47-30)42-22-26(2)34(43)39-35(42)44)48-37(46)49-32(28-17-11-8-12-18-28)25-40(23-27-15-9-7-10-16-27)24-29-19-13-14-20-41(29)36(45)50-38(3,4)5;1-26(2,3)31-25(30)28-17-11-10-16-23(28)19-27(18-21-12-6-4-7-13-21)20-24(29)22-14-8-5-9-15-22;17-15(14-9-5-2-6-10-14)12-16-11-13-7-3-1-4-8-13;1-3-8-7(14)4-9(17-8)13-5-6(2)10(15)12-11(13)16;1-11(2,3)15-10(14)12-7-5-4-6-9(12)8-13;9-6-8(10)7-4-2-1-3-5-7;8-6-7-4-2-1-3-5-7;/h7-12,15-18,22,29-33H,6,13-14,19-21,23-25H2,1-5H3,(H,39,43,44);4-9,12-15,23-24,29H,10-11,16-20H2,1-3H3;1-10,15-17H,11-12H2;5,7-9,14H,3-4H2,1-2H3,(H,12,15,16);8-9H,4-7H2,1-3H3;1-5,8,10H,6,9H2;1-6H;1H4/t29?,30-,31?,32?,33-;;;7?,8-,9-;;;;/m1..1..../s1. The van der Waals surface area contributed by atoms with Crippen molar-refractivity contribution in [3.05, 3.63) is 352 Å². The van der Waals surface area contributed by atoms with Gasteiger partial charge in [0, 0.05) is 133 Å². The largest absolute Gasteiger partial charge is 0.509 e. The Kier molecular flexibility index (Phi) is 50.4. The molecule has 5 aliphatic rings. The van der Waals surface area contributed by atoms with Gasteiger partial charge in [0.2, 0.25) is 0 Å². The molecule has 0 bridgehead atoms. The van der Waals surface area contributed by atoms with E-state index in [1.165, 1.54) is 37.6 Å². The van der Waals surface area contributed by atoms with Crippen molar-refractivity contribution in [2.75, 3.05) is 58.9 Å². The number of piperidine rings is 3. The molecule has 5 aliphatic heterocycles. The predicted molar refractivity (Wildman–Crippen MR) is 578 cm³/mol. The van der Waals surface area contributed by atoms with Gasteiger partial charge in [-0.25, -0.2) is 28.8 Å². The molecule has 32 heteroatoms. The molecule has 149 heavy (non-hydrogen) atoms. The Labute approximate surface area is 877 Å². The van der Waals surface area contributed by atoms with Gasteiger partial charge in [-0.15, -0.1) is 0 Å². The minimum absolute atomic E-state index is 0. The van der Waals surface area contributed by atoms with E-state index in [0.29, 0.717) is 82.7 Å². The van der Waals surface area contributed by atoms with Crippen LogP contribution in [0.4, 0.5) is 19.2 Å². The van der Waals surface area contributed by atoms with Gasteiger partial charge in [0.25, 0.3) is 11.1 Å². The molecule has 0 aliphatic carbocycles. The summed E-state index contributed by atoms with van der Waals surface area (Å²) in [4.78, 5) is 134. The van der Waals surface area contributed by atoms with E-state index in [-0.39, 0.29) is 62.9 Å². The average Bonchev–Trinajstić information content (AvgIpc) is 1.69. The number of aliphatic hydroxyl groups is 4. The fraction of sp³-hybridized carbons (Fsp3) is 0.470. The van der Waals surface area contributed by atoms with Gasteiger partial charge in [-0.2, -0.15) is 0 Å². The van der Waals surface area contributed by atoms with Crippen LogP contribution in [0.15, 0.2) is 274 Å². The summed E-state index contributed by atoms with van der Waals surface area (Å²) >= 11 is 0. The Morgan fingerprint density at radius 2 is 0.846 bits per heavy atom. The van der Waals surface area contributed by atoms with Crippen LogP contribution in [0, 0.1) is 13.8 Å². The number of carbonyl (C=O) groups is 6. The summed E-state index contributed by atoms with van der Waals surface area (Å²) in [6, 6.07) is 77.8. The minimum atomic E-state index is -0.843. The lowest BCUT2D eigenvalue weighted by Gasteiger charge is -2.40. The number of hydrogen-bond acceptors (Lipinski definition) is 25. The average molecular weight is 2060 g/mol. The highest BCUT2D eigenvalue weighted by Crippen LogP contribution is 2.35. The number of aldehydes is 2. The normalized spacial score (nSPS) is 19.2. The zero-order valence-corrected chi connectivity index (χ0v) is 88.0. The van der Waals surface area contributed by atoms with Crippen LogP contribution in [0.2, 0.25) is 0 Å². The number of benzene rings is 8. The van der Waals surface area contributed by atoms with Gasteiger partial charge < -0.3 is 79.2 Å². The highest BCUT2D eigenvalue weighted by molar-refractivity contribution is 5.75. The number of aromatic amines is 2. The smallest absolute Gasteiger partial charge is 0.444 e. The molecule has 0 radical (unpaired) electrons. The Balaban J connectivity index is 0.000000232. The van der Waals surface area contributed by atoms with Gasteiger partial charge >= 0.3 is 35.8 Å². The van der Waals surface area contributed by atoms with Gasteiger partial charge in [0.1, 0.15) is 54.0 Å². The third-order valence-electron chi connectivity index (χ3n) is 25.1. The first-order chi connectivity index (χ1) is 70.8. The van der Waals surface area contributed by atoms with Crippen LogP contribution in [-0.4, -0.2) is 219 Å². The van der Waals surface area contributed by atoms with E-state index in [0.717, 1.165) is 123 Å². The van der Waals surface area contributed by atoms with Crippen molar-refractivity contribution in [2.45, 2.75) is 297 Å². The molecule has 5 saturated heterocycles. The van der Waals surface area contributed by atoms with E-state index in [1.54, 1.807) is 26.0 Å². The molecule has 808 valence electrons. The Morgan fingerprint density at radius 3 is 1.25 bits per heavy atom. The number of hydrogen-bond donors (Lipinski definition) is 8. The number of aliphatic hydroxyl groups excluding tert-OH is 4. The van der Waals surface area contributed by atoms with Crippen molar-refractivity contribution in [1.82, 2.24) is 48.9 Å². The Morgan fingerprint density at radius 1 is 0.477 bits per heavy atom. The maximum atomic E-state index is 13.6. The molecule has 7 heterocycles. The van der Waals surface area contributed by atoms with Crippen LogP contribution in [0.3, 0.4) is 0 Å². The molecule has 0 spiro atoms. The number of amides is 3. The Bertz CT molecular complexity index is 5840. The summed E-state index contributed by atoms with van der Waals surface area (Å²) in [7, 11) is 0. The lowest BCUT2D eigenvalue weighted by molar-refractivity contribution is -0.113. The molecule has 9 N–H and O–H groups in total. The quantitative estimate of drug-likeness (QED) is 0.0123. The van der Waals surface area contributed by atoms with Crippen molar-refractivity contribution < 1.29 is 82.4 Å². The summed E-state index contributed by atoms with van der Waals surface area (Å²) in [6.07, 6.45) is 7.75. The molecule has 32 nitrogen and oxygen atoms in total. The molecule has 15 rings (SSSR count). The second-order valence-corrected chi connectivity index (χ2v) is 40.5. The number of carbonyl (C=O) groups excluding carboxylic acids is 6. The number of H-pyrrole nitrogens is 2. The van der Waals surface area contributed by atoms with Crippen molar-refractivity contribution in [3.63, 3.8) is 0 Å². The number of ether oxygens (including phenoxy) is 7.